The van der Waals surface area contributed by atoms with Gasteiger partial charge >= 0.3 is 0 Å². The number of hydrogen-bond acceptors (Lipinski definition) is 2. The molecule has 1 aromatic carbocycles. The Morgan fingerprint density at radius 3 is 2.86 bits per heavy atom. The third kappa shape index (κ3) is 1.88. The molecule has 1 heterocycles. The predicted molar refractivity (Wildman–Crippen MR) is 53.1 cm³/mol. The lowest BCUT2D eigenvalue weighted by Crippen LogP contribution is -1.98. The van der Waals surface area contributed by atoms with Crippen LogP contribution in [0.15, 0.2) is 46.3 Å². The van der Waals surface area contributed by atoms with Gasteiger partial charge in [0.2, 0.25) is 0 Å². The second-order valence-corrected chi connectivity index (χ2v) is 3.42. The minimum absolute atomic E-state index is 0.259. The van der Waals surface area contributed by atoms with Gasteiger partial charge in [-0.1, -0.05) is 23.7 Å². The van der Waals surface area contributed by atoms with Crippen molar-refractivity contribution in [3.05, 3.63) is 46.6 Å². The molecule has 0 aromatic heterocycles. The van der Waals surface area contributed by atoms with E-state index in [0.29, 0.717) is 17.0 Å². The lowest BCUT2D eigenvalue weighted by atomic mass is 10.1. The van der Waals surface area contributed by atoms with Gasteiger partial charge in [-0.25, -0.2) is 0 Å². The van der Waals surface area contributed by atoms with Crippen LogP contribution in [0.25, 0.3) is 0 Å². The highest BCUT2D eigenvalue weighted by atomic mass is 35.5. The van der Waals surface area contributed by atoms with E-state index in [-0.39, 0.29) is 5.91 Å². The molecule has 1 aliphatic heterocycles. The van der Waals surface area contributed by atoms with Gasteiger partial charge in [0.05, 0.1) is 6.20 Å². The maximum atomic E-state index is 11.1. The van der Waals surface area contributed by atoms with Crippen molar-refractivity contribution >= 4 is 17.5 Å². The van der Waals surface area contributed by atoms with Crippen molar-refractivity contribution in [2.24, 2.45) is 10.2 Å². The Labute approximate surface area is 86.1 Å². The summed E-state index contributed by atoms with van der Waals surface area (Å²) in [6.45, 7) is 0. The third-order valence-electron chi connectivity index (χ3n) is 1.92. The predicted octanol–water partition coefficient (Wildman–Crippen LogP) is 2.76. The van der Waals surface area contributed by atoms with Crippen molar-refractivity contribution in [1.29, 1.82) is 0 Å². The monoisotopic (exact) mass is 206 g/mol. The lowest BCUT2D eigenvalue weighted by molar-refractivity contribution is -0.114. The average molecular weight is 207 g/mol. The maximum absolute atomic E-state index is 11.1. The Hall–Kier alpha value is -1.48. The number of hydrogen-bond donors (Lipinski definition) is 0. The van der Waals surface area contributed by atoms with Crippen LogP contribution in [0, 0.1) is 0 Å². The normalized spacial score (nSPS) is 14.6. The lowest BCUT2D eigenvalue weighted by Gasteiger charge is -1.99. The van der Waals surface area contributed by atoms with Gasteiger partial charge in [0.15, 0.2) is 0 Å². The van der Waals surface area contributed by atoms with Crippen LogP contribution in [0.2, 0.25) is 5.02 Å². The molecule has 0 radical (unpaired) electrons. The molecule has 3 nitrogen and oxygen atoms in total. The highest BCUT2D eigenvalue weighted by Gasteiger charge is 2.13. The molecular formula is C10H7ClN2O. The second-order valence-electron chi connectivity index (χ2n) is 2.98. The molecule has 1 amide bonds. The first-order valence-electron chi connectivity index (χ1n) is 4.14. The van der Waals surface area contributed by atoms with Crippen molar-refractivity contribution in [3.8, 4) is 0 Å². The van der Waals surface area contributed by atoms with Gasteiger partial charge < -0.3 is 0 Å². The summed E-state index contributed by atoms with van der Waals surface area (Å²) >= 11 is 5.82. The summed E-state index contributed by atoms with van der Waals surface area (Å²) in [6.07, 6.45) is 2.02. The Morgan fingerprint density at radius 2 is 2.21 bits per heavy atom. The largest absolute Gasteiger partial charge is 0.293 e. The highest BCUT2D eigenvalue weighted by Crippen LogP contribution is 2.17. The first kappa shape index (κ1) is 9.09. The van der Waals surface area contributed by atoms with E-state index < -0.39 is 0 Å². The van der Waals surface area contributed by atoms with Crippen LogP contribution in [0.3, 0.4) is 0 Å². The molecule has 0 N–H and O–H groups in total. The average Bonchev–Trinajstić information content (AvgIpc) is 2.52. The number of halogens is 1. The van der Waals surface area contributed by atoms with E-state index in [4.69, 9.17) is 11.6 Å². The number of amides is 1. The second kappa shape index (κ2) is 3.72. The minimum atomic E-state index is -0.259. The molecule has 0 fully saturated rings. The number of carbonyl (C=O) groups excluding carboxylic acids is 1. The van der Waals surface area contributed by atoms with Crippen molar-refractivity contribution in [2.75, 3.05) is 0 Å². The topological polar surface area (TPSA) is 41.8 Å². The summed E-state index contributed by atoms with van der Waals surface area (Å²) in [4.78, 5) is 11.1. The van der Waals surface area contributed by atoms with Crippen LogP contribution in [0.5, 0.6) is 0 Å². The molecular weight excluding hydrogens is 200 g/mol. The van der Waals surface area contributed by atoms with Crippen LogP contribution in [-0.2, 0) is 11.2 Å². The van der Waals surface area contributed by atoms with Gasteiger partial charge in [-0.05, 0) is 17.7 Å². The maximum Gasteiger partial charge on any atom is 0.293 e. The fourth-order valence-corrected chi connectivity index (χ4v) is 1.47. The molecule has 14 heavy (non-hydrogen) atoms. The summed E-state index contributed by atoms with van der Waals surface area (Å²) in [7, 11) is 0. The van der Waals surface area contributed by atoms with Crippen LogP contribution in [0.4, 0.5) is 0 Å². The molecule has 0 saturated carbocycles. The number of rotatable bonds is 2. The molecule has 1 aliphatic rings. The summed E-state index contributed by atoms with van der Waals surface area (Å²) in [5.41, 5.74) is 1.59. The summed E-state index contributed by atoms with van der Waals surface area (Å²) in [5.74, 6) is -0.259. The van der Waals surface area contributed by atoms with Crippen molar-refractivity contribution in [1.82, 2.24) is 0 Å². The number of azo groups is 1. The number of benzene rings is 1. The van der Waals surface area contributed by atoms with Crippen LogP contribution < -0.4 is 0 Å². The Kier molecular flexibility index (Phi) is 2.41. The van der Waals surface area contributed by atoms with Crippen LogP contribution in [-0.4, -0.2) is 5.91 Å². The molecule has 0 aliphatic carbocycles. The highest BCUT2D eigenvalue weighted by molar-refractivity contribution is 6.30. The van der Waals surface area contributed by atoms with E-state index >= 15 is 0 Å². The first-order chi connectivity index (χ1) is 6.75. The molecule has 0 bridgehead atoms. The fourth-order valence-electron chi connectivity index (χ4n) is 1.26. The van der Waals surface area contributed by atoms with Crippen LogP contribution >= 0.6 is 11.6 Å². The molecule has 4 heteroatoms. The first-order valence-corrected chi connectivity index (χ1v) is 4.52. The van der Waals surface area contributed by atoms with Gasteiger partial charge in [-0.3, -0.25) is 4.79 Å². The number of nitrogens with zero attached hydrogens (tertiary/aromatic N) is 2. The zero-order valence-electron chi connectivity index (χ0n) is 7.27. The Morgan fingerprint density at radius 1 is 1.36 bits per heavy atom. The van der Waals surface area contributed by atoms with Crippen molar-refractivity contribution in [3.63, 3.8) is 0 Å². The SMILES string of the molecule is O=C1N=NC=C1Cc1cccc(Cl)c1. The van der Waals surface area contributed by atoms with E-state index in [1.165, 1.54) is 6.20 Å². The van der Waals surface area contributed by atoms with Crippen LogP contribution in [0.1, 0.15) is 5.56 Å². The molecule has 0 spiro atoms. The molecule has 70 valence electrons. The smallest absolute Gasteiger partial charge is 0.265 e. The van der Waals surface area contributed by atoms with Gasteiger partial charge in [-0.15, -0.1) is 5.11 Å². The summed E-state index contributed by atoms with van der Waals surface area (Å²) < 4.78 is 0. The summed E-state index contributed by atoms with van der Waals surface area (Å²) in [6, 6.07) is 7.39. The molecule has 0 unspecified atom stereocenters. The quantitative estimate of drug-likeness (QED) is 0.734. The molecule has 0 saturated heterocycles. The molecule has 1 aromatic rings. The molecule has 0 atom stereocenters. The standard InChI is InChI=1S/C10H7ClN2O/c11-9-3-1-2-7(5-9)4-8-6-12-13-10(8)14/h1-3,5-6H,4H2. The van der Waals surface area contributed by atoms with Crippen molar-refractivity contribution < 1.29 is 4.79 Å². The fraction of sp³-hybridized carbons (Fsp3) is 0.100. The Bertz CT molecular complexity index is 438. The van der Waals surface area contributed by atoms with E-state index in [0.717, 1.165) is 5.56 Å². The van der Waals surface area contributed by atoms with Gasteiger partial charge in [0.1, 0.15) is 0 Å². The molecule has 2 rings (SSSR count). The van der Waals surface area contributed by atoms with Crippen molar-refractivity contribution in [2.45, 2.75) is 6.42 Å². The van der Waals surface area contributed by atoms with E-state index in [1.54, 1.807) is 6.07 Å². The van der Waals surface area contributed by atoms with Gasteiger partial charge in [-0.2, -0.15) is 5.11 Å². The zero-order chi connectivity index (χ0) is 9.97. The summed E-state index contributed by atoms with van der Waals surface area (Å²) in [5, 5.41) is 7.61. The minimum Gasteiger partial charge on any atom is -0.265 e. The van der Waals surface area contributed by atoms with Gasteiger partial charge in [0, 0.05) is 17.0 Å². The third-order valence-corrected chi connectivity index (χ3v) is 2.16. The zero-order valence-corrected chi connectivity index (χ0v) is 8.03. The number of carbonyl (C=O) groups is 1. The van der Waals surface area contributed by atoms with E-state index in [1.807, 2.05) is 18.2 Å². The van der Waals surface area contributed by atoms with E-state index in [2.05, 4.69) is 10.2 Å². The van der Waals surface area contributed by atoms with E-state index in [9.17, 15) is 4.79 Å². The Balaban J connectivity index is 2.16. The van der Waals surface area contributed by atoms with Gasteiger partial charge in [0.25, 0.3) is 5.91 Å².